The van der Waals surface area contributed by atoms with Crippen LogP contribution in [0.4, 0.5) is 11.6 Å². The first-order valence-corrected chi connectivity index (χ1v) is 8.24. The van der Waals surface area contributed by atoms with Crippen molar-refractivity contribution in [2.24, 2.45) is 0 Å². The average molecular weight is 330 g/mol. The van der Waals surface area contributed by atoms with Crippen LogP contribution in [0.3, 0.4) is 0 Å². The van der Waals surface area contributed by atoms with Gasteiger partial charge in [0.2, 0.25) is 5.65 Å². The van der Waals surface area contributed by atoms with E-state index in [0.29, 0.717) is 11.6 Å². The molecule has 0 N–H and O–H groups in total. The summed E-state index contributed by atoms with van der Waals surface area (Å²) in [5, 5.41) is 18.6. The molecule has 1 saturated heterocycles. The van der Waals surface area contributed by atoms with E-state index in [1.165, 1.54) is 10.7 Å². The van der Waals surface area contributed by atoms with Crippen molar-refractivity contribution in [3.63, 3.8) is 0 Å². The van der Waals surface area contributed by atoms with Crippen LogP contribution in [0.1, 0.15) is 23.8 Å². The van der Waals surface area contributed by atoms with Gasteiger partial charge < -0.3 is 15.0 Å². The minimum absolute atomic E-state index is 0.115. The Morgan fingerprint density at radius 1 is 1.35 bits per heavy atom. The summed E-state index contributed by atoms with van der Waals surface area (Å²) in [4.78, 5) is 21.2. The Bertz CT molecular complexity index is 846. The molecule has 9 heteroatoms. The molecule has 0 amide bonds. The Kier molecular flexibility index (Phi) is 3.41. The second kappa shape index (κ2) is 5.58. The van der Waals surface area contributed by atoms with Crippen LogP contribution in [0.2, 0.25) is 0 Å². The normalized spacial score (nSPS) is 18.4. The molecule has 118 valence electrons. The SMILES string of the molecule is O=[N+]([O-])c1cnc2ccc(N3CCC[C@H](c4nccs4)C3)nn12. The van der Waals surface area contributed by atoms with Gasteiger partial charge in [-0.1, -0.05) is 9.61 Å². The van der Waals surface area contributed by atoms with Gasteiger partial charge in [0.05, 0.1) is 5.01 Å². The van der Waals surface area contributed by atoms with Crippen molar-refractivity contribution < 1.29 is 4.92 Å². The van der Waals surface area contributed by atoms with E-state index >= 15 is 0 Å². The predicted octanol–water partition coefficient (Wildman–Crippen LogP) is 2.48. The highest BCUT2D eigenvalue weighted by Gasteiger charge is 2.25. The van der Waals surface area contributed by atoms with Crippen molar-refractivity contribution in [2.75, 3.05) is 18.0 Å². The van der Waals surface area contributed by atoms with Crippen LogP contribution in [-0.4, -0.2) is 37.6 Å². The van der Waals surface area contributed by atoms with Crippen LogP contribution in [0, 0.1) is 10.1 Å². The van der Waals surface area contributed by atoms with E-state index in [0.717, 1.165) is 36.8 Å². The molecule has 0 aliphatic carbocycles. The molecule has 0 spiro atoms. The maximum Gasteiger partial charge on any atom is 0.368 e. The van der Waals surface area contributed by atoms with E-state index in [9.17, 15) is 10.1 Å². The van der Waals surface area contributed by atoms with Crippen molar-refractivity contribution >= 4 is 28.6 Å². The summed E-state index contributed by atoms with van der Waals surface area (Å²) in [6.45, 7) is 1.72. The van der Waals surface area contributed by atoms with E-state index < -0.39 is 4.92 Å². The lowest BCUT2D eigenvalue weighted by Gasteiger charge is -2.31. The van der Waals surface area contributed by atoms with Crippen molar-refractivity contribution in [1.82, 2.24) is 19.6 Å². The molecule has 3 aromatic heterocycles. The standard InChI is InChI=1S/C14H14N6O2S/c21-20(22)13-8-16-11-3-4-12(17-19(11)13)18-6-1-2-10(9-18)14-15-5-7-23-14/h3-5,7-8,10H,1-2,6,9H2/t10-/m0/s1. The Labute approximate surface area is 135 Å². The van der Waals surface area contributed by atoms with E-state index in [-0.39, 0.29) is 5.82 Å². The number of hydrogen-bond donors (Lipinski definition) is 0. The summed E-state index contributed by atoms with van der Waals surface area (Å²) in [5.74, 6) is 1.01. The smallest absolute Gasteiger partial charge is 0.358 e. The third-order valence-electron chi connectivity index (χ3n) is 4.06. The number of thiazole rings is 1. The molecule has 3 aromatic rings. The van der Waals surface area contributed by atoms with Crippen LogP contribution in [-0.2, 0) is 0 Å². The monoisotopic (exact) mass is 330 g/mol. The topological polar surface area (TPSA) is 89.5 Å². The zero-order valence-corrected chi connectivity index (χ0v) is 13.0. The number of rotatable bonds is 3. The molecule has 1 fully saturated rings. The summed E-state index contributed by atoms with van der Waals surface area (Å²) in [7, 11) is 0. The molecule has 0 unspecified atom stereocenters. The van der Waals surface area contributed by atoms with Crippen LogP contribution in [0.5, 0.6) is 0 Å². The van der Waals surface area contributed by atoms with Crippen molar-refractivity contribution in [3.05, 3.63) is 45.0 Å². The highest BCUT2D eigenvalue weighted by molar-refractivity contribution is 7.09. The van der Waals surface area contributed by atoms with Crippen molar-refractivity contribution in [3.8, 4) is 0 Å². The number of piperidine rings is 1. The molecule has 0 saturated carbocycles. The lowest BCUT2D eigenvalue weighted by Crippen LogP contribution is -2.35. The summed E-state index contributed by atoms with van der Waals surface area (Å²) < 4.78 is 1.29. The molecule has 4 heterocycles. The summed E-state index contributed by atoms with van der Waals surface area (Å²) in [6.07, 6.45) is 5.23. The molecule has 1 aliphatic rings. The largest absolute Gasteiger partial charge is 0.368 e. The summed E-state index contributed by atoms with van der Waals surface area (Å²) in [6, 6.07) is 3.64. The number of fused-ring (bicyclic) bond motifs is 1. The second-order valence-corrected chi connectivity index (χ2v) is 6.42. The Hall–Kier alpha value is -2.55. The molecule has 8 nitrogen and oxygen atoms in total. The minimum Gasteiger partial charge on any atom is -0.358 e. The zero-order valence-electron chi connectivity index (χ0n) is 12.2. The number of nitro groups is 1. The molecule has 4 rings (SSSR count). The fraction of sp³-hybridized carbons (Fsp3) is 0.357. The van der Waals surface area contributed by atoms with Gasteiger partial charge in [0.25, 0.3) is 0 Å². The molecule has 0 bridgehead atoms. The quantitative estimate of drug-likeness (QED) is 0.541. The number of anilines is 1. The molecule has 23 heavy (non-hydrogen) atoms. The number of hydrogen-bond acceptors (Lipinski definition) is 7. The predicted molar refractivity (Wildman–Crippen MR) is 85.9 cm³/mol. The zero-order chi connectivity index (χ0) is 15.8. The molecular formula is C14H14N6O2S. The summed E-state index contributed by atoms with van der Waals surface area (Å²) >= 11 is 1.67. The van der Waals surface area contributed by atoms with Gasteiger partial charge in [0, 0.05) is 36.7 Å². The van der Waals surface area contributed by atoms with Crippen LogP contribution in [0.15, 0.2) is 29.9 Å². The van der Waals surface area contributed by atoms with E-state index in [1.807, 2.05) is 17.6 Å². The van der Waals surface area contributed by atoms with Crippen LogP contribution < -0.4 is 4.90 Å². The Morgan fingerprint density at radius 3 is 3.04 bits per heavy atom. The molecule has 0 radical (unpaired) electrons. The Morgan fingerprint density at radius 2 is 2.26 bits per heavy atom. The summed E-state index contributed by atoms with van der Waals surface area (Å²) in [5.41, 5.74) is 0.480. The maximum absolute atomic E-state index is 11.1. The number of nitrogens with zero attached hydrogens (tertiary/aromatic N) is 6. The molecule has 1 aliphatic heterocycles. The maximum atomic E-state index is 11.1. The molecular weight excluding hydrogens is 316 g/mol. The lowest BCUT2D eigenvalue weighted by atomic mass is 9.99. The van der Waals surface area contributed by atoms with Gasteiger partial charge in [0.15, 0.2) is 5.82 Å². The lowest BCUT2D eigenvalue weighted by molar-refractivity contribution is -0.391. The highest BCUT2D eigenvalue weighted by Crippen LogP contribution is 2.30. The minimum atomic E-state index is -0.467. The van der Waals surface area contributed by atoms with Gasteiger partial charge in [-0.25, -0.2) is 9.97 Å². The van der Waals surface area contributed by atoms with Crippen molar-refractivity contribution in [1.29, 1.82) is 0 Å². The first-order valence-electron chi connectivity index (χ1n) is 7.36. The van der Waals surface area contributed by atoms with Gasteiger partial charge in [-0.15, -0.1) is 11.3 Å². The van der Waals surface area contributed by atoms with Gasteiger partial charge in [0.1, 0.15) is 6.20 Å². The fourth-order valence-electron chi connectivity index (χ4n) is 2.97. The molecule has 0 aromatic carbocycles. The van der Waals surface area contributed by atoms with Crippen LogP contribution in [0.25, 0.3) is 5.65 Å². The Balaban J connectivity index is 1.65. The van der Waals surface area contributed by atoms with E-state index in [2.05, 4.69) is 20.0 Å². The van der Waals surface area contributed by atoms with E-state index in [4.69, 9.17) is 0 Å². The first kappa shape index (κ1) is 14.1. The van der Waals surface area contributed by atoms with E-state index in [1.54, 1.807) is 17.4 Å². The van der Waals surface area contributed by atoms with Gasteiger partial charge in [-0.05, 0) is 23.8 Å². The van der Waals surface area contributed by atoms with Gasteiger partial charge in [-0.2, -0.15) is 0 Å². The number of aromatic nitrogens is 4. The molecule has 1 atom stereocenters. The van der Waals surface area contributed by atoms with Gasteiger partial charge in [-0.3, -0.25) is 0 Å². The second-order valence-electron chi connectivity index (χ2n) is 5.49. The first-order chi connectivity index (χ1) is 11.2. The van der Waals surface area contributed by atoms with Crippen molar-refractivity contribution in [2.45, 2.75) is 18.8 Å². The van der Waals surface area contributed by atoms with Crippen LogP contribution >= 0.6 is 11.3 Å². The third kappa shape index (κ3) is 2.52. The average Bonchev–Trinajstić information content (AvgIpc) is 3.24. The van der Waals surface area contributed by atoms with Gasteiger partial charge >= 0.3 is 5.82 Å². The number of imidazole rings is 1. The third-order valence-corrected chi connectivity index (χ3v) is 5.00. The highest BCUT2D eigenvalue weighted by atomic mass is 32.1. The fourth-order valence-corrected chi connectivity index (χ4v) is 3.74.